The van der Waals surface area contributed by atoms with Crippen LogP contribution in [0.25, 0.3) is 6.08 Å². The predicted molar refractivity (Wildman–Crippen MR) is 115 cm³/mol. The Kier molecular flexibility index (Phi) is 6.76. The summed E-state index contributed by atoms with van der Waals surface area (Å²) < 4.78 is 11.9. The normalized spacial score (nSPS) is 16.1. The maximum absolute atomic E-state index is 11.8. The van der Waals surface area contributed by atoms with Crippen molar-refractivity contribution in [3.8, 4) is 11.5 Å². The first-order valence-corrected chi connectivity index (χ1v) is 10.1. The fourth-order valence-corrected chi connectivity index (χ4v) is 3.51. The molecule has 0 spiro atoms. The Bertz CT molecular complexity index is 908. The number of rotatable bonds is 8. The average molecular weight is 397 g/mol. The molecule has 2 N–H and O–H groups in total. The lowest BCUT2D eigenvalue weighted by molar-refractivity contribution is -0.113. The summed E-state index contributed by atoms with van der Waals surface area (Å²) in [6.45, 7) is 5.19. The monoisotopic (exact) mass is 396 g/mol. The molecule has 5 nitrogen and oxygen atoms in total. The number of para-hydroxylation sites is 2. The highest BCUT2D eigenvalue weighted by atomic mass is 32.2. The van der Waals surface area contributed by atoms with E-state index in [1.165, 1.54) is 17.3 Å². The van der Waals surface area contributed by atoms with Crippen LogP contribution in [-0.4, -0.2) is 24.3 Å². The van der Waals surface area contributed by atoms with Crippen LogP contribution in [0.15, 0.2) is 58.4 Å². The van der Waals surface area contributed by atoms with Crippen molar-refractivity contribution in [2.45, 2.75) is 26.2 Å². The molecular weight excluding hydrogens is 372 g/mol. The molecule has 6 heteroatoms. The van der Waals surface area contributed by atoms with E-state index in [2.05, 4.69) is 24.9 Å². The Morgan fingerprint density at radius 3 is 2.39 bits per heavy atom. The van der Waals surface area contributed by atoms with Gasteiger partial charge in [0, 0.05) is 5.56 Å². The van der Waals surface area contributed by atoms with Crippen molar-refractivity contribution in [1.29, 1.82) is 0 Å². The Balaban J connectivity index is 1.61. The maximum atomic E-state index is 11.8. The molecule has 0 fully saturated rings. The first-order valence-electron chi connectivity index (χ1n) is 9.30. The standard InChI is InChI=1S/C22H24N2O3S/c1-3-15(2)17-9-5-7-11-19(17)27-13-12-26-18-10-6-4-8-16(18)14-20-21(25)24-22(23)28-20/h4-11,14-15H,3,12-13H2,1-2H3,(H2,23,24,25)/b20-14+/t15-/m1/s1. The van der Waals surface area contributed by atoms with Crippen LogP contribution in [0.2, 0.25) is 0 Å². The minimum Gasteiger partial charge on any atom is -0.490 e. The van der Waals surface area contributed by atoms with E-state index >= 15 is 0 Å². The van der Waals surface area contributed by atoms with E-state index in [4.69, 9.17) is 15.2 Å². The predicted octanol–water partition coefficient (Wildman–Crippen LogP) is 4.59. The Hall–Kier alpha value is -2.73. The zero-order valence-corrected chi connectivity index (χ0v) is 16.9. The van der Waals surface area contributed by atoms with Crippen molar-refractivity contribution < 1.29 is 14.3 Å². The molecule has 3 rings (SSSR count). The highest BCUT2D eigenvalue weighted by molar-refractivity contribution is 8.18. The Morgan fingerprint density at radius 2 is 1.71 bits per heavy atom. The molecule has 28 heavy (non-hydrogen) atoms. The number of nitrogens with two attached hydrogens (primary N) is 1. The molecule has 1 atom stereocenters. The molecule has 146 valence electrons. The molecule has 2 aromatic rings. The van der Waals surface area contributed by atoms with Gasteiger partial charge in [0.15, 0.2) is 5.17 Å². The topological polar surface area (TPSA) is 73.9 Å². The highest BCUT2D eigenvalue weighted by Crippen LogP contribution is 2.30. The summed E-state index contributed by atoms with van der Waals surface area (Å²) in [5.74, 6) is 1.71. The summed E-state index contributed by atoms with van der Waals surface area (Å²) in [5, 5.41) is 0.267. The number of carbonyl (C=O) groups excluding carboxylic acids is 1. The SMILES string of the molecule is CC[C@@H](C)c1ccccc1OCCOc1ccccc1/C=C1/SC(N)=NC1=O. The molecule has 0 saturated carbocycles. The number of thioether (sulfide) groups is 1. The van der Waals surface area contributed by atoms with Crippen LogP contribution in [0, 0.1) is 0 Å². The minimum atomic E-state index is -0.317. The number of amides is 1. The number of hydrogen-bond acceptors (Lipinski definition) is 5. The van der Waals surface area contributed by atoms with Crippen molar-refractivity contribution in [1.82, 2.24) is 0 Å². The van der Waals surface area contributed by atoms with Crippen LogP contribution in [0.4, 0.5) is 0 Å². The van der Waals surface area contributed by atoms with E-state index in [9.17, 15) is 4.79 Å². The van der Waals surface area contributed by atoms with Gasteiger partial charge in [-0.05, 0) is 47.9 Å². The van der Waals surface area contributed by atoms with E-state index < -0.39 is 0 Å². The molecule has 1 amide bonds. The van der Waals surface area contributed by atoms with Gasteiger partial charge in [-0.15, -0.1) is 0 Å². The summed E-state index contributed by atoms with van der Waals surface area (Å²) in [4.78, 5) is 16.0. The third-order valence-electron chi connectivity index (χ3n) is 4.50. The van der Waals surface area contributed by atoms with E-state index in [-0.39, 0.29) is 11.1 Å². The number of benzene rings is 2. The first kappa shape index (κ1) is 20.0. The molecule has 1 heterocycles. The number of aliphatic imine (C=N–C) groups is 1. The molecule has 0 bridgehead atoms. The van der Waals surface area contributed by atoms with Crippen molar-refractivity contribution in [2.75, 3.05) is 13.2 Å². The summed E-state index contributed by atoms with van der Waals surface area (Å²) >= 11 is 1.17. The summed E-state index contributed by atoms with van der Waals surface area (Å²) in [6, 6.07) is 15.7. The van der Waals surface area contributed by atoms with Crippen molar-refractivity contribution in [3.05, 3.63) is 64.6 Å². The number of ether oxygens (including phenoxy) is 2. The lowest BCUT2D eigenvalue weighted by atomic mass is 9.98. The minimum absolute atomic E-state index is 0.267. The van der Waals surface area contributed by atoms with Crippen molar-refractivity contribution in [3.63, 3.8) is 0 Å². The van der Waals surface area contributed by atoms with Gasteiger partial charge < -0.3 is 15.2 Å². The lowest BCUT2D eigenvalue weighted by Crippen LogP contribution is -2.11. The fraction of sp³-hybridized carbons (Fsp3) is 0.273. The number of carbonyl (C=O) groups is 1. The van der Waals surface area contributed by atoms with Crippen LogP contribution >= 0.6 is 11.8 Å². The van der Waals surface area contributed by atoms with Crippen LogP contribution < -0.4 is 15.2 Å². The van der Waals surface area contributed by atoms with Gasteiger partial charge in [0.05, 0.1) is 4.91 Å². The second kappa shape index (κ2) is 9.46. The zero-order chi connectivity index (χ0) is 19.9. The third kappa shape index (κ3) is 4.95. The van der Waals surface area contributed by atoms with Crippen LogP contribution in [-0.2, 0) is 4.79 Å². The maximum Gasteiger partial charge on any atom is 0.286 e. The first-order chi connectivity index (χ1) is 13.6. The molecule has 0 aliphatic carbocycles. The van der Waals surface area contributed by atoms with Gasteiger partial charge >= 0.3 is 0 Å². The van der Waals surface area contributed by atoms with Gasteiger partial charge in [-0.3, -0.25) is 4.79 Å². The van der Waals surface area contributed by atoms with E-state index in [1.54, 1.807) is 6.08 Å². The fourth-order valence-electron chi connectivity index (χ4n) is 2.84. The summed E-state index contributed by atoms with van der Waals surface area (Å²) in [6.07, 6.45) is 2.81. The molecule has 1 aliphatic heterocycles. The third-order valence-corrected chi connectivity index (χ3v) is 5.32. The van der Waals surface area contributed by atoms with Crippen LogP contribution in [0.5, 0.6) is 11.5 Å². The lowest BCUT2D eigenvalue weighted by Gasteiger charge is -2.16. The van der Waals surface area contributed by atoms with Gasteiger partial charge in [0.25, 0.3) is 5.91 Å². The molecular formula is C22H24N2O3S. The highest BCUT2D eigenvalue weighted by Gasteiger charge is 2.20. The quantitative estimate of drug-likeness (QED) is 0.522. The second-order valence-electron chi connectivity index (χ2n) is 6.45. The molecule has 0 unspecified atom stereocenters. The van der Waals surface area contributed by atoms with Crippen molar-refractivity contribution >= 4 is 28.9 Å². The summed E-state index contributed by atoms with van der Waals surface area (Å²) in [7, 11) is 0. The zero-order valence-electron chi connectivity index (χ0n) is 16.1. The van der Waals surface area contributed by atoms with Crippen LogP contribution in [0.1, 0.15) is 37.3 Å². The average Bonchev–Trinajstić information content (AvgIpc) is 3.03. The van der Waals surface area contributed by atoms with Gasteiger partial charge in [-0.25, -0.2) is 0 Å². The van der Waals surface area contributed by atoms with Gasteiger partial charge in [-0.1, -0.05) is 50.2 Å². The molecule has 0 radical (unpaired) electrons. The van der Waals surface area contributed by atoms with Gasteiger partial charge in [-0.2, -0.15) is 4.99 Å². The van der Waals surface area contributed by atoms with E-state index in [1.807, 2.05) is 42.5 Å². The Labute approximate surface area is 169 Å². The van der Waals surface area contributed by atoms with E-state index in [0.717, 1.165) is 17.7 Å². The Morgan fingerprint density at radius 1 is 1.07 bits per heavy atom. The molecule has 0 aromatic heterocycles. The van der Waals surface area contributed by atoms with Crippen LogP contribution in [0.3, 0.4) is 0 Å². The molecule has 2 aromatic carbocycles. The number of hydrogen-bond donors (Lipinski definition) is 1. The van der Waals surface area contributed by atoms with E-state index in [0.29, 0.717) is 29.8 Å². The second-order valence-corrected chi connectivity index (χ2v) is 7.51. The summed E-state index contributed by atoms with van der Waals surface area (Å²) in [5.41, 5.74) is 7.63. The smallest absolute Gasteiger partial charge is 0.286 e. The largest absolute Gasteiger partial charge is 0.490 e. The molecule has 1 aliphatic rings. The van der Waals surface area contributed by atoms with Crippen molar-refractivity contribution in [2.24, 2.45) is 10.7 Å². The van der Waals surface area contributed by atoms with Gasteiger partial charge in [0.1, 0.15) is 24.7 Å². The number of nitrogens with zero attached hydrogens (tertiary/aromatic N) is 1. The van der Waals surface area contributed by atoms with Gasteiger partial charge in [0.2, 0.25) is 0 Å². The molecule has 0 saturated heterocycles. The number of amidine groups is 1.